The molecule has 0 radical (unpaired) electrons. The summed E-state index contributed by atoms with van der Waals surface area (Å²) in [5, 5.41) is 5.06. The molecule has 0 aliphatic heterocycles. The third-order valence-electron chi connectivity index (χ3n) is 4.98. The van der Waals surface area contributed by atoms with Gasteiger partial charge >= 0.3 is 0 Å². The van der Waals surface area contributed by atoms with E-state index in [1.54, 1.807) is 18.4 Å². The zero-order valence-corrected chi connectivity index (χ0v) is 19.0. The second-order valence-electron chi connectivity index (χ2n) is 7.24. The van der Waals surface area contributed by atoms with E-state index in [0.29, 0.717) is 32.0 Å². The average Bonchev–Trinajstić information content (AvgIpc) is 3.32. The third kappa shape index (κ3) is 7.42. The highest BCUT2D eigenvalue weighted by Crippen LogP contribution is 2.29. The van der Waals surface area contributed by atoms with Crippen molar-refractivity contribution in [3.05, 3.63) is 82.0 Å². The maximum Gasteiger partial charge on any atom is 0.234 e. The summed E-state index contributed by atoms with van der Waals surface area (Å²) >= 11 is 1.67. The number of rotatable bonds is 12. The molecule has 3 aromatic rings. The van der Waals surface area contributed by atoms with Gasteiger partial charge in [-0.2, -0.15) is 0 Å². The molecular formula is C25H30N2O3S. The Balaban J connectivity index is 1.49. The van der Waals surface area contributed by atoms with Crippen LogP contribution in [0.5, 0.6) is 11.5 Å². The Labute approximate surface area is 188 Å². The van der Waals surface area contributed by atoms with Gasteiger partial charge in [-0.1, -0.05) is 49.4 Å². The zero-order chi connectivity index (χ0) is 21.9. The lowest BCUT2D eigenvalue weighted by atomic mass is 10.1. The van der Waals surface area contributed by atoms with E-state index in [0.717, 1.165) is 24.3 Å². The van der Waals surface area contributed by atoms with E-state index in [9.17, 15) is 4.79 Å². The van der Waals surface area contributed by atoms with Crippen molar-refractivity contribution in [3.63, 3.8) is 0 Å². The van der Waals surface area contributed by atoms with Crippen LogP contribution in [0.15, 0.2) is 66.0 Å². The Morgan fingerprint density at radius 1 is 1.03 bits per heavy atom. The number of methoxy groups -OCH3 is 1. The number of likely N-dealkylation sites (N-methyl/N-ethyl adjacent to an activating group) is 1. The first kappa shape index (κ1) is 22.8. The Kier molecular flexibility index (Phi) is 8.94. The molecule has 2 aromatic carbocycles. The van der Waals surface area contributed by atoms with Gasteiger partial charge in [0.2, 0.25) is 5.91 Å². The fourth-order valence-electron chi connectivity index (χ4n) is 3.26. The van der Waals surface area contributed by atoms with Crippen LogP contribution in [0.4, 0.5) is 0 Å². The van der Waals surface area contributed by atoms with Gasteiger partial charge in [-0.3, -0.25) is 9.69 Å². The van der Waals surface area contributed by atoms with E-state index in [2.05, 4.69) is 35.3 Å². The molecular weight excluding hydrogens is 408 g/mol. The molecule has 0 aliphatic carbocycles. The molecule has 5 nitrogen and oxygen atoms in total. The number of carbonyl (C=O) groups is 1. The largest absolute Gasteiger partial charge is 0.493 e. The van der Waals surface area contributed by atoms with E-state index in [4.69, 9.17) is 9.47 Å². The van der Waals surface area contributed by atoms with Crippen molar-refractivity contribution < 1.29 is 14.3 Å². The monoisotopic (exact) mass is 438 g/mol. The first-order valence-electron chi connectivity index (χ1n) is 10.5. The summed E-state index contributed by atoms with van der Waals surface area (Å²) in [4.78, 5) is 15.6. The van der Waals surface area contributed by atoms with Crippen molar-refractivity contribution in [1.82, 2.24) is 10.2 Å². The number of amides is 1. The Morgan fingerprint density at radius 3 is 2.58 bits per heavy atom. The molecule has 0 saturated heterocycles. The molecule has 0 bridgehead atoms. The number of hydrogen-bond acceptors (Lipinski definition) is 5. The summed E-state index contributed by atoms with van der Waals surface area (Å²) in [5.41, 5.74) is 2.31. The fourth-order valence-corrected chi connectivity index (χ4v) is 3.88. The summed E-state index contributed by atoms with van der Waals surface area (Å²) in [6.07, 6.45) is 0.836. The van der Waals surface area contributed by atoms with Crippen LogP contribution >= 0.6 is 11.3 Å². The molecule has 31 heavy (non-hydrogen) atoms. The number of thiophene rings is 1. The quantitative estimate of drug-likeness (QED) is 0.452. The van der Waals surface area contributed by atoms with Crippen LogP contribution in [0, 0.1) is 0 Å². The van der Waals surface area contributed by atoms with Crippen molar-refractivity contribution >= 4 is 17.2 Å². The van der Waals surface area contributed by atoms with Crippen molar-refractivity contribution in [2.75, 3.05) is 26.7 Å². The van der Waals surface area contributed by atoms with E-state index in [-0.39, 0.29) is 5.91 Å². The van der Waals surface area contributed by atoms with Crippen molar-refractivity contribution in [2.24, 2.45) is 0 Å². The van der Waals surface area contributed by atoms with Crippen LogP contribution in [0.3, 0.4) is 0 Å². The Hall–Kier alpha value is -2.83. The number of carbonyl (C=O) groups excluding carboxylic acids is 1. The topological polar surface area (TPSA) is 50.8 Å². The van der Waals surface area contributed by atoms with Crippen LogP contribution in [-0.2, 0) is 24.4 Å². The van der Waals surface area contributed by atoms with Crippen LogP contribution in [0.25, 0.3) is 0 Å². The summed E-state index contributed by atoms with van der Waals surface area (Å²) in [5.74, 6) is 1.47. The van der Waals surface area contributed by atoms with Gasteiger partial charge in [-0.25, -0.2) is 0 Å². The molecule has 6 heteroatoms. The van der Waals surface area contributed by atoms with E-state index in [1.807, 2.05) is 47.8 Å². The van der Waals surface area contributed by atoms with Crippen LogP contribution < -0.4 is 14.8 Å². The summed E-state index contributed by atoms with van der Waals surface area (Å²) in [7, 11) is 1.65. The summed E-state index contributed by atoms with van der Waals surface area (Å²) < 4.78 is 11.4. The maximum atomic E-state index is 12.4. The maximum absolute atomic E-state index is 12.4. The van der Waals surface area contributed by atoms with Crippen molar-refractivity contribution in [2.45, 2.75) is 26.5 Å². The second kappa shape index (κ2) is 12.1. The van der Waals surface area contributed by atoms with Gasteiger partial charge in [0.1, 0.15) is 6.61 Å². The minimum Gasteiger partial charge on any atom is -0.493 e. The van der Waals surface area contributed by atoms with Crippen molar-refractivity contribution in [1.29, 1.82) is 0 Å². The van der Waals surface area contributed by atoms with Crippen LogP contribution in [-0.4, -0.2) is 37.6 Å². The summed E-state index contributed by atoms with van der Waals surface area (Å²) in [6, 6.07) is 20.2. The molecule has 1 heterocycles. The lowest BCUT2D eigenvalue weighted by molar-refractivity contribution is -0.122. The first-order chi connectivity index (χ1) is 15.2. The SMILES string of the molecule is CCN(CC(=O)NCCc1ccccc1)Cc1ccc(OCc2cccs2)c(OC)c1. The number of nitrogens with zero attached hydrogens (tertiary/aromatic N) is 1. The Morgan fingerprint density at radius 2 is 1.87 bits per heavy atom. The number of nitrogens with one attached hydrogen (secondary N) is 1. The van der Waals surface area contributed by atoms with Crippen molar-refractivity contribution in [3.8, 4) is 11.5 Å². The normalized spacial score (nSPS) is 10.8. The lowest BCUT2D eigenvalue weighted by Gasteiger charge is -2.21. The molecule has 3 rings (SSSR count). The molecule has 1 amide bonds. The molecule has 1 aromatic heterocycles. The first-order valence-corrected chi connectivity index (χ1v) is 11.4. The van der Waals surface area contributed by atoms with Gasteiger partial charge in [-0.15, -0.1) is 11.3 Å². The van der Waals surface area contributed by atoms with Gasteiger partial charge in [0.05, 0.1) is 13.7 Å². The van der Waals surface area contributed by atoms with Gasteiger partial charge < -0.3 is 14.8 Å². The molecule has 0 spiro atoms. The molecule has 1 N–H and O–H groups in total. The molecule has 164 valence electrons. The smallest absolute Gasteiger partial charge is 0.234 e. The number of ether oxygens (including phenoxy) is 2. The highest BCUT2D eigenvalue weighted by atomic mass is 32.1. The minimum atomic E-state index is 0.0423. The van der Waals surface area contributed by atoms with Crippen LogP contribution in [0.1, 0.15) is 22.9 Å². The minimum absolute atomic E-state index is 0.0423. The average molecular weight is 439 g/mol. The second-order valence-corrected chi connectivity index (χ2v) is 8.27. The number of hydrogen-bond donors (Lipinski definition) is 1. The van der Waals surface area contributed by atoms with E-state index >= 15 is 0 Å². The molecule has 0 aliphatic rings. The van der Waals surface area contributed by atoms with E-state index in [1.165, 1.54) is 10.4 Å². The predicted octanol–water partition coefficient (Wildman–Crippen LogP) is 4.52. The lowest BCUT2D eigenvalue weighted by Crippen LogP contribution is -2.37. The summed E-state index contributed by atoms with van der Waals surface area (Å²) in [6.45, 7) is 5.05. The standard InChI is InChI=1S/C25H30N2O3S/c1-3-27(18-25(28)26-14-13-20-8-5-4-6-9-20)17-21-11-12-23(24(16-21)29-2)30-19-22-10-7-15-31-22/h4-12,15-16H,3,13-14,17-19H2,1-2H3,(H,26,28). The van der Waals surface area contributed by atoms with E-state index < -0.39 is 0 Å². The zero-order valence-electron chi connectivity index (χ0n) is 18.2. The van der Waals surface area contributed by atoms with Gasteiger partial charge in [0.15, 0.2) is 11.5 Å². The fraction of sp³-hybridized carbons (Fsp3) is 0.320. The molecule has 0 fully saturated rings. The van der Waals surface area contributed by atoms with Gasteiger partial charge in [0, 0.05) is 18.0 Å². The van der Waals surface area contributed by atoms with Gasteiger partial charge in [0.25, 0.3) is 0 Å². The molecule has 0 atom stereocenters. The number of benzene rings is 2. The highest BCUT2D eigenvalue weighted by molar-refractivity contribution is 7.09. The third-order valence-corrected chi connectivity index (χ3v) is 5.83. The Bertz CT molecular complexity index is 929. The van der Waals surface area contributed by atoms with Gasteiger partial charge in [-0.05, 0) is 47.7 Å². The molecule has 0 unspecified atom stereocenters. The predicted molar refractivity (Wildman–Crippen MR) is 126 cm³/mol. The van der Waals surface area contributed by atoms with Crippen LogP contribution in [0.2, 0.25) is 0 Å². The highest BCUT2D eigenvalue weighted by Gasteiger charge is 2.12. The molecule has 0 saturated carbocycles.